The van der Waals surface area contributed by atoms with Crippen LogP contribution in [0, 0.1) is 0 Å². The zero-order valence-corrected chi connectivity index (χ0v) is 18.9. The van der Waals surface area contributed by atoms with Crippen LogP contribution < -0.4 is 10.4 Å². The first-order chi connectivity index (χ1) is 13.9. The lowest BCUT2D eigenvalue weighted by molar-refractivity contribution is -0.143. The predicted octanol–water partition coefficient (Wildman–Crippen LogP) is 3.67. The third kappa shape index (κ3) is 4.79. The summed E-state index contributed by atoms with van der Waals surface area (Å²) in [5.74, 6) is -0.219. The maximum Gasteiger partial charge on any atom is 0.308 e. The average molecular weight is 413 g/mol. The summed E-state index contributed by atoms with van der Waals surface area (Å²) in [7, 11) is -1.13. The minimum absolute atomic E-state index is 0.00584. The molecule has 0 amide bonds. The fraction of sp³-hybridized carbons (Fsp3) is 0.458. The predicted molar refractivity (Wildman–Crippen MR) is 118 cm³/mol. The Hall–Kier alpha value is -1.95. The van der Waals surface area contributed by atoms with Crippen molar-refractivity contribution >= 4 is 24.7 Å². The van der Waals surface area contributed by atoms with Gasteiger partial charge in [-0.05, 0) is 28.3 Å². The zero-order chi connectivity index (χ0) is 20.9. The highest BCUT2D eigenvalue weighted by atomic mass is 28.4. The Kier molecular flexibility index (Phi) is 6.93. The van der Waals surface area contributed by atoms with Gasteiger partial charge in [-0.15, -0.1) is 0 Å². The maximum atomic E-state index is 11.6. The van der Waals surface area contributed by atoms with Crippen molar-refractivity contribution in [3.8, 4) is 0 Å². The highest BCUT2D eigenvalue weighted by Gasteiger charge is 2.50. The molecule has 2 aromatic carbocycles. The summed E-state index contributed by atoms with van der Waals surface area (Å²) in [6.07, 6.45) is 2.01. The molecule has 0 unspecified atom stereocenters. The van der Waals surface area contributed by atoms with E-state index in [0.29, 0.717) is 13.0 Å². The number of benzene rings is 2. The third-order valence-corrected chi connectivity index (χ3v) is 10.7. The van der Waals surface area contributed by atoms with Gasteiger partial charge in [-0.2, -0.15) is 0 Å². The fourth-order valence-corrected chi connectivity index (χ4v) is 8.89. The van der Waals surface area contributed by atoms with Gasteiger partial charge in [-0.3, -0.25) is 4.79 Å². The monoisotopic (exact) mass is 412 g/mol. The van der Waals surface area contributed by atoms with Gasteiger partial charge >= 0.3 is 5.97 Å². The van der Waals surface area contributed by atoms with Crippen LogP contribution in [0.4, 0.5) is 0 Å². The molecule has 0 saturated carbocycles. The molecule has 0 aromatic heterocycles. The molecule has 0 N–H and O–H groups in total. The van der Waals surface area contributed by atoms with Crippen molar-refractivity contribution in [2.24, 2.45) is 0 Å². The topological polar surface area (TPSA) is 44.8 Å². The van der Waals surface area contributed by atoms with E-state index in [0.717, 1.165) is 12.8 Å². The second-order valence-corrected chi connectivity index (χ2v) is 13.0. The molecule has 1 fully saturated rings. The highest BCUT2D eigenvalue weighted by Crippen LogP contribution is 2.37. The van der Waals surface area contributed by atoms with Crippen LogP contribution in [-0.4, -0.2) is 40.2 Å². The minimum atomic E-state index is -2.55. The number of methoxy groups -OCH3 is 1. The van der Waals surface area contributed by atoms with Crippen molar-refractivity contribution in [1.82, 2.24) is 0 Å². The van der Waals surface area contributed by atoms with Crippen molar-refractivity contribution < 1.29 is 18.7 Å². The summed E-state index contributed by atoms with van der Waals surface area (Å²) >= 11 is 0. The summed E-state index contributed by atoms with van der Waals surface area (Å²) in [6, 6.07) is 21.2. The number of rotatable bonds is 7. The highest BCUT2D eigenvalue weighted by molar-refractivity contribution is 6.99. The molecular formula is C24H32O4Si. The minimum Gasteiger partial charge on any atom is -0.469 e. The van der Waals surface area contributed by atoms with Crippen LogP contribution in [0.2, 0.25) is 5.04 Å². The lowest BCUT2D eigenvalue weighted by Crippen LogP contribution is -2.67. The molecule has 2 aromatic rings. The Morgan fingerprint density at radius 1 is 0.966 bits per heavy atom. The molecule has 156 valence electrons. The smallest absolute Gasteiger partial charge is 0.308 e. The average Bonchev–Trinajstić information content (AvgIpc) is 3.16. The number of ether oxygens (including phenoxy) is 2. The maximum absolute atomic E-state index is 11.6. The van der Waals surface area contributed by atoms with Gasteiger partial charge in [-0.25, -0.2) is 0 Å². The Morgan fingerprint density at radius 2 is 1.48 bits per heavy atom. The van der Waals surface area contributed by atoms with Crippen molar-refractivity contribution in [1.29, 1.82) is 0 Å². The van der Waals surface area contributed by atoms with Gasteiger partial charge in [0.25, 0.3) is 8.32 Å². The first-order valence-corrected chi connectivity index (χ1v) is 12.2. The summed E-state index contributed by atoms with van der Waals surface area (Å²) in [5.41, 5.74) is 0. The van der Waals surface area contributed by atoms with Crippen LogP contribution >= 0.6 is 0 Å². The molecule has 4 nitrogen and oxygen atoms in total. The molecule has 0 spiro atoms. The van der Waals surface area contributed by atoms with Crippen LogP contribution in [0.5, 0.6) is 0 Å². The third-order valence-electron chi connectivity index (χ3n) is 5.72. The van der Waals surface area contributed by atoms with Gasteiger partial charge in [0, 0.05) is 0 Å². The van der Waals surface area contributed by atoms with E-state index in [2.05, 4.69) is 69.3 Å². The van der Waals surface area contributed by atoms with Crippen LogP contribution in [0.1, 0.15) is 40.0 Å². The van der Waals surface area contributed by atoms with Crippen LogP contribution in [0.25, 0.3) is 0 Å². The van der Waals surface area contributed by atoms with Crippen LogP contribution in [0.15, 0.2) is 60.7 Å². The summed E-state index contributed by atoms with van der Waals surface area (Å²) < 4.78 is 17.8. The SMILES string of the molecule is COC(=O)C[C@@H]1CC[C@@H](CO[Si](c2ccccc2)(c2ccccc2)C(C)(C)C)O1. The van der Waals surface area contributed by atoms with Crippen molar-refractivity contribution in [2.45, 2.75) is 57.3 Å². The van der Waals surface area contributed by atoms with Crippen LogP contribution in [-0.2, 0) is 18.7 Å². The van der Waals surface area contributed by atoms with Gasteiger partial charge in [0.2, 0.25) is 0 Å². The first-order valence-electron chi connectivity index (χ1n) is 10.3. The molecule has 1 aliphatic rings. The number of carbonyl (C=O) groups excluding carboxylic acids is 1. The largest absolute Gasteiger partial charge is 0.469 e. The number of esters is 1. The second-order valence-electron chi connectivity index (χ2n) is 8.71. The molecule has 0 aliphatic carbocycles. The summed E-state index contributed by atoms with van der Waals surface area (Å²) in [4.78, 5) is 11.6. The number of carbonyl (C=O) groups is 1. The summed E-state index contributed by atoms with van der Waals surface area (Å²) in [6.45, 7) is 7.35. The van der Waals surface area contributed by atoms with E-state index < -0.39 is 8.32 Å². The molecular weight excluding hydrogens is 380 g/mol. The lowest BCUT2D eigenvalue weighted by Gasteiger charge is -2.43. The quantitative estimate of drug-likeness (QED) is 0.514. The molecule has 1 heterocycles. The van der Waals surface area contributed by atoms with Crippen molar-refractivity contribution in [2.75, 3.05) is 13.7 Å². The Morgan fingerprint density at radius 3 is 1.97 bits per heavy atom. The van der Waals surface area contributed by atoms with E-state index in [1.54, 1.807) is 0 Å². The second kappa shape index (κ2) is 9.24. The first kappa shape index (κ1) is 21.7. The Bertz CT molecular complexity index is 746. The normalized spacial score (nSPS) is 19.9. The van der Waals surface area contributed by atoms with E-state index in [4.69, 9.17) is 13.9 Å². The molecule has 5 heteroatoms. The molecule has 2 atom stereocenters. The van der Waals surface area contributed by atoms with Gasteiger partial charge in [0.05, 0.1) is 32.3 Å². The zero-order valence-electron chi connectivity index (χ0n) is 17.9. The van der Waals surface area contributed by atoms with E-state index in [1.807, 2.05) is 12.1 Å². The van der Waals surface area contributed by atoms with E-state index in [-0.39, 0.29) is 23.2 Å². The summed E-state index contributed by atoms with van der Waals surface area (Å²) in [5, 5.41) is 2.48. The Balaban J connectivity index is 1.86. The molecule has 1 saturated heterocycles. The number of hydrogen-bond donors (Lipinski definition) is 0. The van der Waals surface area contributed by atoms with Gasteiger partial charge < -0.3 is 13.9 Å². The van der Waals surface area contributed by atoms with E-state index in [9.17, 15) is 4.79 Å². The number of hydrogen-bond acceptors (Lipinski definition) is 4. The molecule has 29 heavy (non-hydrogen) atoms. The lowest BCUT2D eigenvalue weighted by atomic mass is 10.1. The Labute approximate surface area is 175 Å². The molecule has 1 aliphatic heterocycles. The van der Waals surface area contributed by atoms with Gasteiger partial charge in [0.15, 0.2) is 0 Å². The van der Waals surface area contributed by atoms with Gasteiger partial charge in [-0.1, -0.05) is 81.4 Å². The van der Waals surface area contributed by atoms with Crippen molar-refractivity contribution in [3.63, 3.8) is 0 Å². The van der Waals surface area contributed by atoms with Crippen LogP contribution in [0.3, 0.4) is 0 Å². The van der Waals surface area contributed by atoms with E-state index in [1.165, 1.54) is 17.5 Å². The molecule has 0 radical (unpaired) electrons. The standard InChI is InChI=1S/C24H32O4Si/c1-24(2,3)29(21-11-7-5-8-12-21,22-13-9-6-10-14-22)27-18-20-16-15-19(28-20)17-23(25)26-4/h5-14,19-20H,15-18H2,1-4H3/t19-,20-/m0/s1. The van der Waals surface area contributed by atoms with Gasteiger partial charge in [0.1, 0.15) is 0 Å². The van der Waals surface area contributed by atoms with Crippen molar-refractivity contribution in [3.05, 3.63) is 60.7 Å². The molecule has 3 rings (SSSR count). The fourth-order valence-electron chi connectivity index (χ4n) is 4.30. The van der Waals surface area contributed by atoms with E-state index >= 15 is 0 Å². The molecule has 0 bridgehead atoms.